The minimum Gasteiger partial charge on any atom is -0.378 e. The Morgan fingerprint density at radius 1 is 1.42 bits per heavy atom. The van der Waals surface area contributed by atoms with Crippen LogP contribution in [0, 0.1) is 6.92 Å². The van der Waals surface area contributed by atoms with Crippen LogP contribution in [0.4, 0.5) is 5.69 Å². The summed E-state index contributed by atoms with van der Waals surface area (Å²) in [5, 5.41) is 6.08. The highest BCUT2D eigenvalue weighted by molar-refractivity contribution is 6.31. The molecule has 0 bridgehead atoms. The highest BCUT2D eigenvalue weighted by Gasteiger charge is 2.29. The smallest absolute Gasteiger partial charge is 0.249 e. The Hall–Kier alpha value is -2.12. The van der Waals surface area contributed by atoms with Gasteiger partial charge in [-0.25, -0.2) is 4.99 Å². The molecule has 2 aliphatic heterocycles. The predicted molar refractivity (Wildman–Crippen MR) is 91.2 cm³/mol. The molecule has 0 saturated carbocycles. The molecule has 1 fully saturated rings. The Labute approximate surface area is 145 Å². The fourth-order valence-corrected chi connectivity index (χ4v) is 2.74. The first kappa shape index (κ1) is 16.7. The molecule has 1 aromatic carbocycles. The lowest BCUT2D eigenvalue weighted by molar-refractivity contribution is -0.125. The molecule has 8 heteroatoms. The number of nitrogens with zero attached hydrogens (tertiary/aromatic N) is 2. The quantitative estimate of drug-likeness (QED) is 0.838. The molecule has 2 aliphatic rings. The van der Waals surface area contributed by atoms with Gasteiger partial charge in [0.05, 0.1) is 19.6 Å². The van der Waals surface area contributed by atoms with E-state index in [-0.39, 0.29) is 18.2 Å². The fraction of sp³-hybridized carbons (Fsp3) is 0.438. The Morgan fingerprint density at radius 3 is 2.88 bits per heavy atom. The molecular weight excluding hydrogens is 332 g/mol. The first-order chi connectivity index (χ1) is 11.5. The van der Waals surface area contributed by atoms with Gasteiger partial charge in [-0.05, 0) is 24.6 Å². The van der Waals surface area contributed by atoms with Gasteiger partial charge in [-0.1, -0.05) is 17.7 Å². The zero-order chi connectivity index (χ0) is 17.1. The molecule has 24 heavy (non-hydrogen) atoms. The molecule has 128 valence electrons. The van der Waals surface area contributed by atoms with Crippen LogP contribution in [0.5, 0.6) is 0 Å². The van der Waals surface area contributed by atoms with Crippen molar-refractivity contribution in [1.29, 1.82) is 0 Å². The number of halogens is 1. The van der Waals surface area contributed by atoms with Crippen molar-refractivity contribution in [3.05, 3.63) is 28.8 Å². The number of nitrogens with one attached hydrogen (secondary N) is 2. The van der Waals surface area contributed by atoms with Crippen molar-refractivity contribution in [2.24, 2.45) is 4.99 Å². The molecule has 3 rings (SSSR count). The number of guanidine groups is 1. The maximum atomic E-state index is 12.5. The van der Waals surface area contributed by atoms with Crippen LogP contribution in [0.2, 0.25) is 5.02 Å². The second kappa shape index (κ2) is 7.19. The van der Waals surface area contributed by atoms with Crippen LogP contribution in [-0.2, 0) is 14.3 Å². The van der Waals surface area contributed by atoms with Gasteiger partial charge in [0, 0.05) is 23.8 Å². The van der Waals surface area contributed by atoms with E-state index in [0.717, 1.165) is 5.56 Å². The number of hydrogen-bond acceptors (Lipinski definition) is 5. The summed E-state index contributed by atoms with van der Waals surface area (Å²) in [6.45, 7) is 4.32. The second-order valence-electron chi connectivity index (χ2n) is 5.77. The lowest BCUT2D eigenvalue weighted by Crippen LogP contribution is -2.53. The fourth-order valence-electron chi connectivity index (χ4n) is 2.56. The van der Waals surface area contributed by atoms with Gasteiger partial charge in [0.2, 0.25) is 17.8 Å². The average Bonchev–Trinajstić information content (AvgIpc) is 2.58. The Balaban J connectivity index is 1.72. The van der Waals surface area contributed by atoms with E-state index in [1.807, 2.05) is 17.9 Å². The van der Waals surface area contributed by atoms with Crippen LogP contribution in [0.1, 0.15) is 12.0 Å². The van der Waals surface area contributed by atoms with Gasteiger partial charge >= 0.3 is 0 Å². The van der Waals surface area contributed by atoms with Crippen LogP contribution in [-0.4, -0.2) is 55.0 Å². The van der Waals surface area contributed by atoms with E-state index in [2.05, 4.69) is 15.6 Å². The largest absolute Gasteiger partial charge is 0.378 e. The van der Waals surface area contributed by atoms with Crippen LogP contribution >= 0.6 is 11.6 Å². The summed E-state index contributed by atoms with van der Waals surface area (Å²) in [4.78, 5) is 30.7. The van der Waals surface area contributed by atoms with Crippen molar-refractivity contribution in [3.8, 4) is 0 Å². The molecule has 0 radical (unpaired) electrons. The Kier molecular flexibility index (Phi) is 5.01. The zero-order valence-corrected chi connectivity index (χ0v) is 14.1. The molecule has 7 nitrogen and oxygen atoms in total. The van der Waals surface area contributed by atoms with Gasteiger partial charge in [0.25, 0.3) is 0 Å². The molecular formula is C16H19ClN4O3. The third kappa shape index (κ3) is 3.85. The van der Waals surface area contributed by atoms with Crippen molar-refractivity contribution in [3.63, 3.8) is 0 Å². The van der Waals surface area contributed by atoms with Gasteiger partial charge in [-0.3, -0.25) is 14.9 Å². The van der Waals surface area contributed by atoms with E-state index < -0.39 is 6.04 Å². The van der Waals surface area contributed by atoms with E-state index in [1.165, 1.54) is 0 Å². The number of carbonyl (C=O) groups excluding carboxylic acids is 2. The summed E-state index contributed by atoms with van der Waals surface area (Å²) in [7, 11) is 0. The van der Waals surface area contributed by atoms with Crippen molar-refractivity contribution in [2.45, 2.75) is 19.4 Å². The van der Waals surface area contributed by atoms with Crippen molar-refractivity contribution < 1.29 is 14.3 Å². The number of carbonyl (C=O) groups is 2. The summed E-state index contributed by atoms with van der Waals surface area (Å²) < 4.78 is 5.29. The van der Waals surface area contributed by atoms with E-state index in [9.17, 15) is 9.59 Å². The first-order valence-corrected chi connectivity index (χ1v) is 8.18. The van der Waals surface area contributed by atoms with Crippen molar-refractivity contribution in [2.75, 3.05) is 31.6 Å². The maximum Gasteiger partial charge on any atom is 0.249 e. The van der Waals surface area contributed by atoms with E-state index in [4.69, 9.17) is 16.3 Å². The number of hydrogen-bond donors (Lipinski definition) is 2. The van der Waals surface area contributed by atoms with Crippen LogP contribution in [0.15, 0.2) is 23.2 Å². The minimum atomic E-state index is -0.753. The van der Waals surface area contributed by atoms with Gasteiger partial charge in [0.15, 0.2) is 0 Å². The number of rotatable bonds is 2. The number of anilines is 1. The van der Waals surface area contributed by atoms with Crippen LogP contribution in [0.3, 0.4) is 0 Å². The lowest BCUT2D eigenvalue weighted by Gasteiger charge is -2.32. The monoisotopic (exact) mass is 350 g/mol. The predicted octanol–water partition coefficient (Wildman–Crippen LogP) is 1.16. The minimum absolute atomic E-state index is 0.0271. The summed E-state index contributed by atoms with van der Waals surface area (Å²) in [5.41, 5.74) is 1.52. The number of benzene rings is 1. The average molecular weight is 351 g/mol. The molecule has 1 atom stereocenters. The third-order valence-corrected chi connectivity index (χ3v) is 4.37. The number of morpholine rings is 1. The summed E-state index contributed by atoms with van der Waals surface area (Å²) in [6.07, 6.45) is 0.0271. The second-order valence-corrected chi connectivity index (χ2v) is 6.18. The molecule has 2 heterocycles. The lowest BCUT2D eigenvalue weighted by atomic mass is 10.1. The highest BCUT2D eigenvalue weighted by Crippen LogP contribution is 2.20. The standard InChI is InChI=1S/C16H19ClN4O3/c1-10-2-3-11(8-12(10)17)18-15(23)13-9-14(22)20-16(19-13)21-4-6-24-7-5-21/h2-3,8,13H,4-7,9H2,1H3,(H,18,23)(H,19,20,22). The molecule has 0 aromatic heterocycles. The molecule has 0 aliphatic carbocycles. The topological polar surface area (TPSA) is 83.0 Å². The number of aryl methyl sites for hydroxylation is 1. The summed E-state index contributed by atoms with van der Waals surface area (Å²) in [5.74, 6) is -0.0965. The Bertz CT molecular complexity index is 686. The molecule has 1 aromatic rings. The van der Waals surface area contributed by atoms with Gasteiger partial charge < -0.3 is 15.0 Å². The number of aliphatic imine (C=N–C) groups is 1. The van der Waals surface area contributed by atoms with E-state index in [1.54, 1.807) is 12.1 Å². The third-order valence-electron chi connectivity index (χ3n) is 3.96. The van der Waals surface area contributed by atoms with Gasteiger partial charge in [0.1, 0.15) is 6.04 Å². The molecule has 1 saturated heterocycles. The van der Waals surface area contributed by atoms with Crippen LogP contribution in [0.25, 0.3) is 0 Å². The first-order valence-electron chi connectivity index (χ1n) is 7.80. The SMILES string of the molecule is Cc1ccc(NC(=O)C2CC(=O)NC(N3CCOCC3)=N2)cc1Cl. The normalized spacial score (nSPS) is 21.1. The zero-order valence-electron chi connectivity index (χ0n) is 13.3. The van der Waals surface area contributed by atoms with E-state index >= 15 is 0 Å². The summed E-state index contributed by atoms with van der Waals surface area (Å²) >= 11 is 6.07. The van der Waals surface area contributed by atoms with Gasteiger partial charge in [-0.2, -0.15) is 0 Å². The molecule has 0 spiro atoms. The molecule has 1 unspecified atom stereocenters. The highest BCUT2D eigenvalue weighted by atomic mass is 35.5. The molecule has 2 amide bonds. The number of amides is 2. The van der Waals surface area contributed by atoms with E-state index in [0.29, 0.717) is 43.0 Å². The van der Waals surface area contributed by atoms with Crippen molar-refractivity contribution in [1.82, 2.24) is 10.2 Å². The van der Waals surface area contributed by atoms with Crippen molar-refractivity contribution >= 4 is 35.1 Å². The Morgan fingerprint density at radius 2 is 2.17 bits per heavy atom. The maximum absolute atomic E-state index is 12.5. The van der Waals surface area contributed by atoms with Crippen LogP contribution < -0.4 is 10.6 Å². The number of ether oxygens (including phenoxy) is 1. The molecule has 2 N–H and O–H groups in total. The summed E-state index contributed by atoms with van der Waals surface area (Å²) in [6, 6.07) is 4.53. The van der Waals surface area contributed by atoms with Gasteiger partial charge in [-0.15, -0.1) is 0 Å².